The average Bonchev–Trinajstić information content (AvgIpc) is 2.48. The molecule has 0 saturated heterocycles. The first-order chi connectivity index (χ1) is 6.70. The Labute approximate surface area is 83.6 Å². The molecule has 0 fully saturated rings. The van der Waals surface area contributed by atoms with E-state index in [2.05, 4.69) is 48.2 Å². The fraction of sp³-hybridized carbons (Fsp3) is 0.364. The largest absolute Gasteiger partial charge is 0.356 e. The van der Waals surface area contributed by atoms with Crippen molar-refractivity contribution < 1.29 is 0 Å². The predicted octanol–water partition coefficient (Wildman–Crippen LogP) is 2.61. The number of rotatable bonds is 2. The number of aromatic nitrogens is 2. The quantitative estimate of drug-likeness (QED) is 0.762. The van der Waals surface area contributed by atoms with Crippen molar-refractivity contribution in [3.63, 3.8) is 0 Å². The molecule has 1 aromatic heterocycles. The Kier molecular flexibility index (Phi) is 2.15. The van der Waals surface area contributed by atoms with E-state index in [0.717, 1.165) is 23.5 Å². The highest BCUT2D eigenvalue weighted by atomic mass is 15.1. The summed E-state index contributed by atoms with van der Waals surface area (Å²) in [7, 11) is 0. The van der Waals surface area contributed by atoms with Crippen LogP contribution in [0.4, 0.5) is 5.95 Å². The van der Waals surface area contributed by atoms with Crippen molar-refractivity contribution in [2.45, 2.75) is 20.8 Å². The molecule has 0 amide bonds. The van der Waals surface area contributed by atoms with Gasteiger partial charge in [0.1, 0.15) is 0 Å². The number of imidazole rings is 1. The molecule has 0 aliphatic heterocycles. The predicted molar refractivity (Wildman–Crippen MR) is 59.7 cm³/mol. The van der Waals surface area contributed by atoms with E-state index in [1.165, 1.54) is 11.1 Å². The van der Waals surface area contributed by atoms with Crippen LogP contribution >= 0.6 is 0 Å². The topological polar surface area (TPSA) is 40.7 Å². The molecule has 0 spiro atoms. The molecule has 0 bridgehead atoms. The molecule has 0 unspecified atom stereocenters. The Hall–Kier alpha value is -1.51. The highest BCUT2D eigenvalue weighted by Gasteiger charge is 2.03. The number of aromatic amines is 1. The SMILES string of the molecule is CCNc1nc2cc(C)c(C)cc2[nH]1. The second kappa shape index (κ2) is 3.33. The molecule has 1 heterocycles. The van der Waals surface area contributed by atoms with E-state index in [1.807, 2.05) is 0 Å². The molecule has 3 nitrogen and oxygen atoms in total. The fourth-order valence-electron chi connectivity index (χ4n) is 1.52. The lowest BCUT2D eigenvalue weighted by Gasteiger charge is -1.97. The lowest BCUT2D eigenvalue weighted by Crippen LogP contribution is -1.97. The van der Waals surface area contributed by atoms with Crippen LogP contribution in [0, 0.1) is 13.8 Å². The molecule has 0 radical (unpaired) electrons. The first-order valence-corrected chi connectivity index (χ1v) is 4.91. The zero-order valence-electron chi connectivity index (χ0n) is 8.81. The zero-order chi connectivity index (χ0) is 10.1. The molecule has 3 heteroatoms. The van der Waals surface area contributed by atoms with E-state index in [9.17, 15) is 0 Å². The summed E-state index contributed by atoms with van der Waals surface area (Å²) in [5, 5.41) is 3.17. The van der Waals surface area contributed by atoms with Gasteiger partial charge in [0.15, 0.2) is 0 Å². The summed E-state index contributed by atoms with van der Waals surface area (Å²) in [5.41, 5.74) is 4.71. The van der Waals surface area contributed by atoms with E-state index in [0.29, 0.717) is 0 Å². The number of hydrogen-bond acceptors (Lipinski definition) is 2. The van der Waals surface area contributed by atoms with Crippen molar-refractivity contribution in [3.8, 4) is 0 Å². The molecule has 0 aliphatic carbocycles. The van der Waals surface area contributed by atoms with Crippen LogP contribution in [-0.4, -0.2) is 16.5 Å². The minimum atomic E-state index is 0.854. The number of aryl methyl sites for hydroxylation is 2. The zero-order valence-corrected chi connectivity index (χ0v) is 8.81. The third-order valence-corrected chi connectivity index (χ3v) is 2.44. The summed E-state index contributed by atoms with van der Waals surface area (Å²) in [6.45, 7) is 7.17. The van der Waals surface area contributed by atoms with E-state index < -0.39 is 0 Å². The summed E-state index contributed by atoms with van der Waals surface area (Å²) < 4.78 is 0. The van der Waals surface area contributed by atoms with Gasteiger partial charge in [-0.25, -0.2) is 4.98 Å². The standard InChI is InChI=1S/C11H15N3/c1-4-12-11-13-9-5-7(2)8(3)6-10(9)14-11/h5-6H,4H2,1-3H3,(H2,12,13,14). The molecule has 2 rings (SSSR count). The summed E-state index contributed by atoms with van der Waals surface area (Å²) in [5.74, 6) is 0.854. The molecule has 74 valence electrons. The van der Waals surface area contributed by atoms with E-state index >= 15 is 0 Å². The van der Waals surface area contributed by atoms with Crippen molar-refractivity contribution in [1.29, 1.82) is 0 Å². The number of anilines is 1. The van der Waals surface area contributed by atoms with Crippen LogP contribution < -0.4 is 5.32 Å². The number of fused-ring (bicyclic) bond motifs is 1. The van der Waals surface area contributed by atoms with E-state index in [1.54, 1.807) is 0 Å². The molecule has 2 aromatic rings. The van der Waals surface area contributed by atoms with Gasteiger partial charge < -0.3 is 10.3 Å². The van der Waals surface area contributed by atoms with Gasteiger partial charge in [0, 0.05) is 6.54 Å². The van der Waals surface area contributed by atoms with Crippen LogP contribution in [0.3, 0.4) is 0 Å². The second-order valence-electron chi connectivity index (χ2n) is 3.57. The maximum atomic E-state index is 4.44. The van der Waals surface area contributed by atoms with Crippen molar-refractivity contribution >= 4 is 17.0 Å². The van der Waals surface area contributed by atoms with Crippen molar-refractivity contribution in [1.82, 2.24) is 9.97 Å². The smallest absolute Gasteiger partial charge is 0.201 e. The molecule has 14 heavy (non-hydrogen) atoms. The monoisotopic (exact) mass is 189 g/mol. The van der Waals surface area contributed by atoms with Crippen molar-refractivity contribution in [2.75, 3.05) is 11.9 Å². The lowest BCUT2D eigenvalue weighted by molar-refractivity contribution is 1.14. The van der Waals surface area contributed by atoms with E-state index in [-0.39, 0.29) is 0 Å². The normalized spacial score (nSPS) is 10.8. The van der Waals surface area contributed by atoms with Crippen LogP contribution in [0.15, 0.2) is 12.1 Å². The van der Waals surface area contributed by atoms with E-state index in [4.69, 9.17) is 0 Å². The first kappa shape index (κ1) is 9.06. The molecule has 1 aromatic carbocycles. The number of hydrogen-bond donors (Lipinski definition) is 2. The van der Waals surface area contributed by atoms with Gasteiger partial charge in [-0.3, -0.25) is 0 Å². The summed E-state index contributed by atoms with van der Waals surface area (Å²) in [6.07, 6.45) is 0. The van der Waals surface area contributed by atoms with Crippen molar-refractivity contribution in [3.05, 3.63) is 23.3 Å². The Morgan fingerprint density at radius 2 is 2.00 bits per heavy atom. The number of nitrogens with one attached hydrogen (secondary N) is 2. The van der Waals surface area contributed by atoms with Gasteiger partial charge >= 0.3 is 0 Å². The van der Waals surface area contributed by atoms with Gasteiger partial charge in [0.2, 0.25) is 5.95 Å². The molecule has 0 saturated carbocycles. The van der Waals surface area contributed by atoms with Crippen molar-refractivity contribution in [2.24, 2.45) is 0 Å². The van der Waals surface area contributed by atoms with Crippen LogP contribution in [0.2, 0.25) is 0 Å². The minimum absolute atomic E-state index is 0.854. The van der Waals surface area contributed by atoms with Crippen LogP contribution in [0.1, 0.15) is 18.1 Å². The number of benzene rings is 1. The van der Waals surface area contributed by atoms with Crippen LogP contribution in [-0.2, 0) is 0 Å². The maximum absolute atomic E-state index is 4.44. The minimum Gasteiger partial charge on any atom is -0.356 e. The second-order valence-corrected chi connectivity index (χ2v) is 3.57. The number of H-pyrrole nitrogens is 1. The molecular weight excluding hydrogens is 174 g/mol. The summed E-state index contributed by atoms with van der Waals surface area (Å²) in [4.78, 5) is 7.68. The lowest BCUT2D eigenvalue weighted by atomic mass is 10.1. The van der Waals surface area contributed by atoms with Crippen LogP contribution in [0.5, 0.6) is 0 Å². The Morgan fingerprint density at radius 3 is 2.71 bits per heavy atom. The van der Waals surface area contributed by atoms with Gasteiger partial charge in [-0.2, -0.15) is 0 Å². The van der Waals surface area contributed by atoms with Crippen LogP contribution in [0.25, 0.3) is 11.0 Å². The Bertz CT molecular complexity index is 418. The highest BCUT2D eigenvalue weighted by Crippen LogP contribution is 2.18. The maximum Gasteiger partial charge on any atom is 0.201 e. The fourth-order valence-corrected chi connectivity index (χ4v) is 1.52. The Morgan fingerprint density at radius 1 is 1.29 bits per heavy atom. The molecule has 0 atom stereocenters. The first-order valence-electron chi connectivity index (χ1n) is 4.91. The average molecular weight is 189 g/mol. The summed E-state index contributed by atoms with van der Waals surface area (Å²) >= 11 is 0. The third kappa shape index (κ3) is 1.45. The van der Waals surface area contributed by atoms with Gasteiger partial charge in [0.05, 0.1) is 11.0 Å². The molecule has 2 N–H and O–H groups in total. The molecular formula is C11H15N3. The highest BCUT2D eigenvalue weighted by molar-refractivity contribution is 5.79. The molecule has 0 aliphatic rings. The number of nitrogens with zero attached hydrogens (tertiary/aromatic N) is 1. The summed E-state index contributed by atoms with van der Waals surface area (Å²) in [6, 6.07) is 4.25. The van der Waals surface area contributed by atoms with Gasteiger partial charge in [-0.05, 0) is 44.0 Å². The third-order valence-electron chi connectivity index (χ3n) is 2.44. The van der Waals surface area contributed by atoms with Gasteiger partial charge in [-0.1, -0.05) is 0 Å². The Balaban J connectivity index is 2.54. The van der Waals surface area contributed by atoms with Gasteiger partial charge in [0.25, 0.3) is 0 Å². The van der Waals surface area contributed by atoms with Gasteiger partial charge in [-0.15, -0.1) is 0 Å².